The van der Waals surface area contributed by atoms with E-state index in [-0.39, 0.29) is 6.23 Å². The summed E-state index contributed by atoms with van der Waals surface area (Å²) in [7, 11) is 0. The van der Waals surface area contributed by atoms with E-state index in [0.29, 0.717) is 0 Å². The van der Waals surface area contributed by atoms with Crippen molar-refractivity contribution < 1.29 is 4.74 Å². The summed E-state index contributed by atoms with van der Waals surface area (Å²) >= 11 is 3.67. The lowest BCUT2D eigenvalue weighted by molar-refractivity contribution is -0.0371. The van der Waals surface area contributed by atoms with Crippen molar-refractivity contribution in [3.05, 3.63) is 46.2 Å². The molecular weight excluding hydrogens is 476 g/mol. The van der Waals surface area contributed by atoms with Gasteiger partial charge >= 0.3 is 0 Å². The van der Waals surface area contributed by atoms with Crippen LogP contribution in [0.2, 0.25) is 0 Å². The molecule has 6 heteroatoms. The Bertz CT molecular complexity index is 1150. The topological polar surface area (TPSA) is 43.2 Å². The fourth-order valence-electron chi connectivity index (χ4n) is 6.16. The van der Waals surface area contributed by atoms with Gasteiger partial charge in [-0.1, -0.05) is 18.2 Å². The number of likely N-dealkylation sites (tertiary alicyclic amines) is 1. The van der Waals surface area contributed by atoms with Crippen LogP contribution in [0, 0.1) is 0 Å². The van der Waals surface area contributed by atoms with Gasteiger partial charge in [0.05, 0.1) is 5.39 Å². The van der Waals surface area contributed by atoms with Crippen molar-refractivity contribution in [3.8, 4) is 11.1 Å². The summed E-state index contributed by atoms with van der Waals surface area (Å²) in [4.78, 5) is 7.61. The molecule has 1 aliphatic carbocycles. The second-order valence-corrected chi connectivity index (χ2v) is 10.8. The van der Waals surface area contributed by atoms with E-state index >= 15 is 0 Å². The van der Waals surface area contributed by atoms with Crippen molar-refractivity contribution in [1.29, 1.82) is 0 Å². The fourth-order valence-corrected chi connectivity index (χ4v) is 6.63. The number of ether oxygens (including phenoxy) is 1. The summed E-state index contributed by atoms with van der Waals surface area (Å²) in [5.41, 5.74) is 6.36. The van der Waals surface area contributed by atoms with Gasteiger partial charge in [-0.3, -0.25) is 4.90 Å². The Morgan fingerprint density at radius 3 is 2.64 bits per heavy atom. The first-order valence-corrected chi connectivity index (χ1v) is 13.5. The molecule has 174 valence electrons. The van der Waals surface area contributed by atoms with Crippen LogP contribution in [0.15, 0.2) is 35.1 Å². The predicted molar refractivity (Wildman–Crippen MR) is 135 cm³/mol. The van der Waals surface area contributed by atoms with Crippen LogP contribution >= 0.6 is 15.9 Å². The highest BCUT2D eigenvalue weighted by Gasteiger charge is 2.29. The van der Waals surface area contributed by atoms with Crippen LogP contribution in [-0.2, 0) is 17.6 Å². The Hall–Kier alpha value is -1.76. The van der Waals surface area contributed by atoms with Crippen molar-refractivity contribution >= 4 is 27.0 Å². The first-order valence-electron chi connectivity index (χ1n) is 12.7. The summed E-state index contributed by atoms with van der Waals surface area (Å²) in [5, 5.41) is 5.78. The number of benzene rings is 1. The molecule has 0 spiro atoms. The molecule has 0 radical (unpaired) electrons. The summed E-state index contributed by atoms with van der Waals surface area (Å²) < 4.78 is 8.77. The van der Waals surface area contributed by atoms with Gasteiger partial charge in [-0.2, -0.15) is 5.10 Å². The number of rotatable bonds is 3. The van der Waals surface area contributed by atoms with Crippen LogP contribution in [0.4, 0.5) is 0 Å². The molecule has 0 bridgehead atoms. The number of hydrogen-bond acceptors (Lipinski definition) is 4. The number of fused-ring (bicyclic) bond motifs is 2. The fraction of sp³-hybridized carbons (Fsp3) is 0.556. The molecule has 2 aliphatic heterocycles. The lowest BCUT2D eigenvalue weighted by atomic mass is 9.97. The zero-order valence-electron chi connectivity index (χ0n) is 19.5. The van der Waals surface area contributed by atoms with Crippen LogP contribution < -0.4 is 0 Å². The highest BCUT2D eigenvalue weighted by Crippen LogP contribution is 2.34. The third-order valence-corrected chi connectivity index (χ3v) is 8.62. The van der Waals surface area contributed by atoms with Crippen molar-refractivity contribution in [2.75, 3.05) is 13.2 Å². The number of halogens is 1. The Balaban J connectivity index is 1.27. The maximum absolute atomic E-state index is 5.96. The molecule has 2 aromatic heterocycles. The van der Waals surface area contributed by atoms with Crippen LogP contribution in [-0.4, -0.2) is 44.9 Å². The summed E-state index contributed by atoms with van der Waals surface area (Å²) in [6, 6.07) is 10.8. The van der Waals surface area contributed by atoms with E-state index in [0.717, 1.165) is 52.7 Å². The summed E-state index contributed by atoms with van der Waals surface area (Å²) in [5.74, 6) is 0. The van der Waals surface area contributed by atoms with E-state index in [9.17, 15) is 0 Å². The first kappa shape index (κ1) is 21.8. The van der Waals surface area contributed by atoms with Gasteiger partial charge in [0.15, 0.2) is 11.9 Å². The molecule has 4 heterocycles. The maximum Gasteiger partial charge on any atom is 0.161 e. The predicted octanol–water partition coefficient (Wildman–Crippen LogP) is 6.29. The highest BCUT2D eigenvalue weighted by molar-refractivity contribution is 9.10. The van der Waals surface area contributed by atoms with Gasteiger partial charge in [0.25, 0.3) is 0 Å². The SMILES string of the molecule is C[C@@H]1CCCN1C1CCc2ccc(-c3cnc4c(c3)c(Br)nn4C3CCCCO3)cc2CC1. The molecular formula is C27H33BrN4O. The number of pyridine rings is 1. The van der Waals surface area contributed by atoms with Crippen molar-refractivity contribution in [2.24, 2.45) is 0 Å². The summed E-state index contributed by atoms with van der Waals surface area (Å²) in [6.45, 7) is 4.49. The minimum Gasteiger partial charge on any atom is -0.356 e. The minimum absolute atomic E-state index is 0.00957. The highest BCUT2D eigenvalue weighted by atomic mass is 79.9. The van der Waals surface area contributed by atoms with Gasteiger partial charge < -0.3 is 4.74 Å². The molecule has 2 fully saturated rings. The number of aryl methyl sites for hydroxylation is 2. The van der Waals surface area contributed by atoms with Crippen molar-refractivity contribution in [3.63, 3.8) is 0 Å². The van der Waals surface area contributed by atoms with Crippen LogP contribution in [0.25, 0.3) is 22.2 Å². The van der Waals surface area contributed by atoms with E-state index < -0.39 is 0 Å². The van der Waals surface area contributed by atoms with Crippen LogP contribution in [0.5, 0.6) is 0 Å². The quantitative estimate of drug-likeness (QED) is 0.389. The van der Waals surface area contributed by atoms with Crippen LogP contribution in [0.3, 0.4) is 0 Å². The molecule has 2 unspecified atom stereocenters. The molecule has 1 aromatic carbocycles. The van der Waals surface area contributed by atoms with Crippen molar-refractivity contribution in [1.82, 2.24) is 19.7 Å². The molecule has 3 aromatic rings. The average Bonchev–Trinajstić information content (AvgIpc) is 3.35. The van der Waals surface area contributed by atoms with E-state index in [4.69, 9.17) is 14.8 Å². The normalized spacial score (nSPS) is 26.4. The number of aromatic nitrogens is 3. The smallest absolute Gasteiger partial charge is 0.161 e. The number of hydrogen-bond donors (Lipinski definition) is 0. The van der Waals surface area contributed by atoms with E-state index in [1.54, 1.807) is 0 Å². The molecule has 2 saturated heterocycles. The third-order valence-electron chi connectivity index (χ3n) is 8.04. The van der Waals surface area contributed by atoms with Gasteiger partial charge in [-0.15, -0.1) is 0 Å². The molecule has 3 atom stereocenters. The van der Waals surface area contributed by atoms with Gasteiger partial charge in [-0.25, -0.2) is 9.67 Å². The minimum atomic E-state index is -0.00957. The Labute approximate surface area is 204 Å². The molecule has 6 rings (SSSR count). The van der Waals surface area contributed by atoms with Gasteiger partial charge in [0.1, 0.15) is 4.60 Å². The van der Waals surface area contributed by atoms with Gasteiger partial charge in [0, 0.05) is 30.5 Å². The summed E-state index contributed by atoms with van der Waals surface area (Å²) in [6.07, 6.45) is 13.0. The molecule has 0 N–H and O–H groups in total. The van der Waals surface area contributed by atoms with E-state index in [1.165, 1.54) is 68.2 Å². The molecule has 0 amide bonds. The number of nitrogens with zero attached hydrogens (tertiary/aromatic N) is 4. The lowest BCUT2D eigenvalue weighted by Gasteiger charge is -2.30. The van der Waals surface area contributed by atoms with E-state index in [2.05, 4.69) is 52.0 Å². The van der Waals surface area contributed by atoms with Gasteiger partial charge in [0.2, 0.25) is 0 Å². The largest absolute Gasteiger partial charge is 0.356 e. The van der Waals surface area contributed by atoms with E-state index in [1.807, 2.05) is 10.9 Å². The Morgan fingerprint density at radius 1 is 0.970 bits per heavy atom. The third kappa shape index (κ3) is 4.15. The maximum atomic E-state index is 5.96. The van der Waals surface area contributed by atoms with Crippen LogP contribution in [0.1, 0.15) is 69.2 Å². The molecule has 33 heavy (non-hydrogen) atoms. The standard InChI is InChI=1S/C27H33BrN4O/c1-18-5-4-13-31(18)23-11-9-19-7-8-21(15-20(19)10-12-23)22-16-24-26(28)30-32(27(24)29-17-22)25-6-2-3-14-33-25/h7-8,15-18,23,25H,2-6,9-14H2,1H3/t18-,23?,25?/m1/s1. The first-order chi connectivity index (χ1) is 16.2. The average molecular weight is 509 g/mol. The zero-order chi connectivity index (χ0) is 22.4. The second kappa shape index (κ2) is 9.12. The monoisotopic (exact) mass is 508 g/mol. The zero-order valence-corrected chi connectivity index (χ0v) is 21.1. The lowest BCUT2D eigenvalue weighted by Crippen LogP contribution is -2.37. The molecule has 0 saturated carbocycles. The molecule has 3 aliphatic rings. The Kier molecular flexibility index (Phi) is 6.01. The Morgan fingerprint density at radius 2 is 1.85 bits per heavy atom. The van der Waals surface area contributed by atoms with Crippen molar-refractivity contribution in [2.45, 2.75) is 83.0 Å². The second-order valence-electron chi connectivity index (χ2n) is 10.1. The van der Waals surface area contributed by atoms with Gasteiger partial charge in [-0.05, 0) is 110 Å². The molecule has 5 nitrogen and oxygen atoms in total.